The first-order valence-electron chi connectivity index (χ1n) is 9.90. The molecule has 0 fully saturated rings. The Bertz CT molecular complexity index is 1110. The molecule has 1 aliphatic heterocycles. The molecule has 31 heavy (non-hydrogen) atoms. The van der Waals surface area contributed by atoms with Gasteiger partial charge in [-0.15, -0.1) is 0 Å². The fraction of sp³-hybridized carbons (Fsp3) is 0.200. The molecule has 0 saturated heterocycles. The zero-order valence-corrected chi connectivity index (χ0v) is 16.4. The highest BCUT2D eigenvalue weighted by molar-refractivity contribution is 6.09. The van der Waals surface area contributed by atoms with Crippen LogP contribution in [0, 0.1) is 0 Å². The number of nitrogens with zero attached hydrogens (tertiary/aromatic N) is 1. The van der Waals surface area contributed by atoms with E-state index in [1.54, 1.807) is 18.2 Å². The van der Waals surface area contributed by atoms with Crippen LogP contribution in [-0.4, -0.2) is 18.0 Å². The van der Waals surface area contributed by atoms with E-state index in [1.165, 1.54) is 12.1 Å². The first-order valence-corrected chi connectivity index (χ1v) is 9.90. The summed E-state index contributed by atoms with van der Waals surface area (Å²) in [6.45, 7) is 0. The average molecular weight is 425 g/mol. The van der Waals surface area contributed by atoms with Gasteiger partial charge in [-0.1, -0.05) is 60.7 Å². The zero-order chi connectivity index (χ0) is 22.0. The summed E-state index contributed by atoms with van der Waals surface area (Å²) < 4.78 is 53.8. The number of rotatable bonds is 4. The monoisotopic (exact) mass is 425 g/mol. The van der Waals surface area contributed by atoms with Crippen LogP contribution in [0.4, 0.5) is 17.6 Å². The van der Waals surface area contributed by atoms with Crippen LogP contribution in [0.5, 0.6) is 0 Å². The average Bonchev–Trinajstić information content (AvgIpc) is 2.99. The van der Waals surface area contributed by atoms with Crippen LogP contribution >= 0.6 is 0 Å². The molecule has 0 spiro atoms. The molecule has 0 saturated carbocycles. The van der Waals surface area contributed by atoms with Crippen LogP contribution in [0.15, 0.2) is 94.8 Å². The minimum atomic E-state index is -4.44. The molecular weight excluding hydrogens is 406 g/mol. The second kappa shape index (κ2) is 8.46. The Morgan fingerprint density at radius 1 is 1.03 bits per heavy atom. The Balaban J connectivity index is 1.60. The molecule has 158 valence electrons. The van der Waals surface area contributed by atoms with Crippen LogP contribution < -0.4 is 0 Å². The summed E-state index contributed by atoms with van der Waals surface area (Å²) in [5.41, 5.74) is 1.15. The smallest absolute Gasteiger partial charge is 0.289 e. The molecule has 6 heteroatoms. The highest BCUT2D eigenvalue weighted by atomic mass is 19.4. The van der Waals surface area contributed by atoms with Crippen molar-refractivity contribution >= 4 is 12.0 Å². The second-order valence-electron chi connectivity index (χ2n) is 7.55. The van der Waals surface area contributed by atoms with Crippen molar-refractivity contribution in [2.24, 2.45) is 4.99 Å². The summed E-state index contributed by atoms with van der Waals surface area (Å²) in [6, 6.07) is 14.0. The molecule has 0 N–H and O–H groups in total. The van der Waals surface area contributed by atoms with E-state index < -0.39 is 29.5 Å². The van der Waals surface area contributed by atoms with Gasteiger partial charge in [-0.05, 0) is 36.1 Å². The summed E-state index contributed by atoms with van der Waals surface area (Å²) in [5, 5.41) is 0. The number of benzene rings is 2. The summed E-state index contributed by atoms with van der Waals surface area (Å²) in [5.74, 6) is -1.34. The highest BCUT2D eigenvalue weighted by Gasteiger charge is 2.32. The third-order valence-corrected chi connectivity index (χ3v) is 5.48. The summed E-state index contributed by atoms with van der Waals surface area (Å²) in [6.07, 6.45) is 1.95. The molecule has 2 aromatic rings. The molecular formula is C25H19F4NO. The van der Waals surface area contributed by atoms with Gasteiger partial charge in [-0.3, -0.25) is 9.79 Å². The Labute approximate surface area is 177 Å². The van der Waals surface area contributed by atoms with Gasteiger partial charge in [0, 0.05) is 17.1 Å². The molecule has 0 bridgehead atoms. The Morgan fingerprint density at radius 2 is 1.81 bits per heavy atom. The third kappa shape index (κ3) is 4.58. The highest BCUT2D eigenvalue weighted by Crippen LogP contribution is 2.35. The molecule has 2 unspecified atom stereocenters. The van der Waals surface area contributed by atoms with Gasteiger partial charge >= 0.3 is 6.18 Å². The quantitative estimate of drug-likeness (QED) is 0.539. The lowest BCUT2D eigenvalue weighted by Gasteiger charge is -2.15. The number of halogens is 4. The van der Waals surface area contributed by atoms with E-state index in [9.17, 15) is 22.4 Å². The number of allylic oxidation sites excluding steroid dienone is 4. The Morgan fingerprint density at radius 3 is 2.55 bits per heavy atom. The summed E-state index contributed by atoms with van der Waals surface area (Å²) in [4.78, 5) is 17.0. The molecule has 0 amide bonds. The molecule has 4 rings (SSSR count). The first kappa shape index (κ1) is 21.0. The first-order chi connectivity index (χ1) is 14.8. The van der Waals surface area contributed by atoms with Gasteiger partial charge < -0.3 is 0 Å². The van der Waals surface area contributed by atoms with E-state index in [2.05, 4.69) is 4.99 Å². The SMILES string of the molecule is O=C1C=CC(c2cccc(C(F)(F)F)c2)CC=C1C1=C(F)C=NC1Cc1ccccc1. The van der Waals surface area contributed by atoms with E-state index in [1.807, 2.05) is 30.3 Å². The second-order valence-corrected chi connectivity index (χ2v) is 7.55. The van der Waals surface area contributed by atoms with Crippen LogP contribution in [0.25, 0.3) is 0 Å². The van der Waals surface area contributed by atoms with Crippen LogP contribution in [0.1, 0.15) is 29.0 Å². The molecule has 2 aliphatic rings. The van der Waals surface area contributed by atoms with Gasteiger partial charge in [0.15, 0.2) is 5.78 Å². The maximum Gasteiger partial charge on any atom is 0.416 e. The minimum Gasteiger partial charge on any atom is -0.289 e. The number of hydrogen-bond donors (Lipinski definition) is 0. The Kier molecular flexibility index (Phi) is 5.72. The van der Waals surface area contributed by atoms with Crippen molar-refractivity contribution in [3.63, 3.8) is 0 Å². The van der Waals surface area contributed by atoms with Crippen molar-refractivity contribution in [2.75, 3.05) is 0 Å². The van der Waals surface area contributed by atoms with Gasteiger partial charge in [-0.25, -0.2) is 4.39 Å². The van der Waals surface area contributed by atoms with Crippen molar-refractivity contribution in [1.29, 1.82) is 0 Å². The molecule has 2 nitrogen and oxygen atoms in total. The lowest BCUT2D eigenvalue weighted by atomic mass is 9.91. The van der Waals surface area contributed by atoms with Gasteiger partial charge in [-0.2, -0.15) is 13.2 Å². The van der Waals surface area contributed by atoms with Gasteiger partial charge in [0.2, 0.25) is 0 Å². The van der Waals surface area contributed by atoms with E-state index >= 15 is 0 Å². The van der Waals surface area contributed by atoms with Gasteiger partial charge in [0.25, 0.3) is 0 Å². The van der Waals surface area contributed by atoms with Crippen LogP contribution in [-0.2, 0) is 17.4 Å². The number of carbonyl (C=O) groups excluding carboxylic acids is 1. The predicted molar refractivity (Wildman–Crippen MR) is 112 cm³/mol. The lowest BCUT2D eigenvalue weighted by Crippen LogP contribution is -2.15. The summed E-state index contributed by atoms with van der Waals surface area (Å²) >= 11 is 0. The minimum absolute atomic E-state index is 0.224. The maximum atomic E-state index is 14.6. The standard InChI is InChI=1S/C25H19F4NO/c26-21-15-30-22(13-16-5-2-1-3-6-16)24(21)20-11-9-17(10-12-23(20)31)18-7-4-8-19(14-18)25(27,28)29/h1-8,10-12,14-15,17,22H,9,13H2. The number of hydrogen-bond acceptors (Lipinski definition) is 2. The fourth-order valence-electron chi connectivity index (χ4n) is 3.91. The molecule has 2 atom stereocenters. The maximum absolute atomic E-state index is 14.6. The normalized spacial score (nSPS) is 21.4. The number of aliphatic imine (C=N–C) groups is 1. The van der Waals surface area contributed by atoms with Gasteiger partial charge in [0.05, 0.1) is 17.8 Å². The van der Waals surface area contributed by atoms with E-state index in [0.29, 0.717) is 12.0 Å². The van der Waals surface area contributed by atoms with Crippen molar-refractivity contribution in [3.8, 4) is 0 Å². The van der Waals surface area contributed by atoms with Crippen molar-refractivity contribution in [3.05, 3.63) is 106 Å². The topological polar surface area (TPSA) is 29.4 Å². The number of carbonyl (C=O) groups is 1. The van der Waals surface area contributed by atoms with Crippen LogP contribution in [0.3, 0.4) is 0 Å². The molecule has 1 aliphatic carbocycles. The zero-order valence-electron chi connectivity index (χ0n) is 16.4. The summed E-state index contributed by atoms with van der Waals surface area (Å²) in [7, 11) is 0. The van der Waals surface area contributed by atoms with Crippen molar-refractivity contribution in [2.45, 2.75) is 31.0 Å². The predicted octanol–water partition coefficient (Wildman–Crippen LogP) is 6.16. The number of alkyl halides is 3. The fourth-order valence-corrected chi connectivity index (χ4v) is 3.91. The molecule has 2 aromatic carbocycles. The third-order valence-electron chi connectivity index (χ3n) is 5.48. The van der Waals surface area contributed by atoms with Crippen molar-refractivity contribution < 1.29 is 22.4 Å². The van der Waals surface area contributed by atoms with E-state index in [-0.39, 0.29) is 23.4 Å². The Hall–Kier alpha value is -3.28. The molecule has 0 aromatic heterocycles. The molecule has 0 radical (unpaired) electrons. The van der Waals surface area contributed by atoms with Crippen molar-refractivity contribution in [1.82, 2.24) is 0 Å². The van der Waals surface area contributed by atoms with E-state index in [0.717, 1.165) is 23.9 Å². The molecule has 1 heterocycles. The number of ketones is 1. The van der Waals surface area contributed by atoms with Crippen LogP contribution in [0.2, 0.25) is 0 Å². The largest absolute Gasteiger partial charge is 0.416 e. The lowest BCUT2D eigenvalue weighted by molar-refractivity contribution is -0.137. The van der Waals surface area contributed by atoms with E-state index in [4.69, 9.17) is 0 Å². The van der Waals surface area contributed by atoms with Gasteiger partial charge in [0.1, 0.15) is 5.83 Å².